The zero-order valence-electron chi connectivity index (χ0n) is 11.3. The number of carbonyl (C=O) groups is 1. The molecule has 0 aliphatic rings. The Hall–Kier alpha value is -2.11. The fraction of sp³-hybridized carbons (Fsp3) is 0.462. The highest BCUT2D eigenvalue weighted by molar-refractivity contribution is 5.95. The maximum atomic E-state index is 11.2. The van der Waals surface area contributed by atoms with Gasteiger partial charge >= 0.3 is 5.97 Å². The number of hydrogen-bond donors (Lipinski definition) is 1. The van der Waals surface area contributed by atoms with Gasteiger partial charge in [-0.1, -0.05) is 13.3 Å². The molecule has 0 aliphatic carbocycles. The Morgan fingerprint density at radius 3 is 2.63 bits per heavy atom. The van der Waals surface area contributed by atoms with E-state index in [1.54, 1.807) is 7.05 Å². The Morgan fingerprint density at radius 1 is 1.53 bits per heavy atom. The van der Waals surface area contributed by atoms with E-state index >= 15 is 0 Å². The number of non-ortho nitro benzene ring substituents is 1. The molecule has 0 aliphatic heterocycles. The van der Waals surface area contributed by atoms with Crippen molar-refractivity contribution in [3.8, 4) is 0 Å². The lowest BCUT2D eigenvalue weighted by molar-refractivity contribution is -0.384. The second-order valence-electron chi connectivity index (χ2n) is 4.51. The lowest BCUT2D eigenvalue weighted by Gasteiger charge is -2.27. The molecule has 1 atom stereocenters. The van der Waals surface area contributed by atoms with E-state index in [4.69, 9.17) is 0 Å². The standard InChI is InChI=1S/C13H18N2O4/c1-4-5-9(2)14(3)12-7-6-10(15(18)19)8-11(12)13(16)17/h6-9H,4-5H2,1-3H3,(H,16,17). The second kappa shape index (κ2) is 6.17. The monoisotopic (exact) mass is 266 g/mol. The normalized spacial score (nSPS) is 11.9. The van der Waals surface area contributed by atoms with Crippen LogP contribution < -0.4 is 4.90 Å². The molecular weight excluding hydrogens is 248 g/mol. The number of anilines is 1. The van der Waals surface area contributed by atoms with Crippen molar-refractivity contribution in [1.29, 1.82) is 0 Å². The van der Waals surface area contributed by atoms with Crippen molar-refractivity contribution in [3.63, 3.8) is 0 Å². The number of rotatable bonds is 6. The molecule has 0 aromatic heterocycles. The molecule has 0 saturated heterocycles. The van der Waals surface area contributed by atoms with Crippen LogP contribution in [0.2, 0.25) is 0 Å². The molecule has 0 heterocycles. The van der Waals surface area contributed by atoms with Crippen molar-refractivity contribution in [1.82, 2.24) is 0 Å². The fourth-order valence-corrected chi connectivity index (χ4v) is 1.97. The Bertz CT molecular complexity index is 488. The first-order valence-electron chi connectivity index (χ1n) is 6.13. The summed E-state index contributed by atoms with van der Waals surface area (Å²) in [5, 5.41) is 19.9. The van der Waals surface area contributed by atoms with Crippen LogP contribution in [-0.4, -0.2) is 29.1 Å². The lowest BCUT2D eigenvalue weighted by Crippen LogP contribution is -2.30. The number of carboxylic acids is 1. The van der Waals surface area contributed by atoms with Gasteiger partial charge in [-0.2, -0.15) is 0 Å². The highest BCUT2D eigenvalue weighted by Gasteiger charge is 2.20. The van der Waals surface area contributed by atoms with Gasteiger partial charge < -0.3 is 10.0 Å². The third kappa shape index (κ3) is 3.43. The first kappa shape index (κ1) is 14.9. The molecule has 1 aromatic carbocycles. The number of nitro groups is 1. The predicted molar refractivity (Wildman–Crippen MR) is 72.8 cm³/mol. The molecule has 1 rings (SSSR count). The molecule has 19 heavy (non-hydrogen) atoms. The van der Waals surface area contributed by atoms with Gasteiger partial charge in [-0.3, -0.25) is 10.1 Å². The highest BCUT2D eigenvalue weighted by Crippen LogP contribution is 2.27. The van der Waals surface area contributed by atoms with Gasteiger partial charge in [0.25, 0.3) is 5.69 Å². The molecule has 0 spiro atoms. The van der Waals surface area contributed by atoms with Crippen LogP contribution in [0.3, 0.4) is 0 Å². The largest absolute Gasteiger partial charge is 0.478 e. The molecule has 104 valence electrons. The van der Waals surface area contributed by atoms with Gasteiger partial charge in [0, 0.05) is 25.2 Å². The van der Waals surface area contributed by atoms with E-state index < -0.39 is 10.9 Å². The van der Waals surface area contributed by atoms with Crippen LogP contribution in [0.25, 0.3) is 0 Å². The maximum absolute atomic E-state index is 11.2. The minimum Gasteiger partial charge on any atom is -0.478 e. The number of carboxylic acid groups (broad SMARTS) is 1. The average Bonchev–Trinajstić information content (AvgIpc) is 2.37. The van der Waals surface area contributed by atoms with Crippen LogP contribution in [0.1, 0.15) is 37.0 Å². The minimum atomic E-state index is -1.16. The number of hydrogen-bond acceptors (Lipinski definition) is 4. The van der Waals surface area contributed by atoms with Gasteiger partial charge in [-0.05, 0) is 19.4 Å². The Kier molecular flexibility index (Phi) is 4.86. The third-order valence-corrected chi connectivity index (χ3v) is 3.17. The highest BCUT2D eigenvalue weighted by atomic mass is 16.6. The lowest BCUT2D eigenvalue weighted by atomic mass is 10.1. The molecule has 1 N–H and O–H groups in total. The van der Waals surface area contributed by atoms with Gasteiger partial charge in [-0.25, -0.2) is 4.79 Å². The summed E-state index contributed by atoms with van der Waals surface area (Å²) < 4.78 is 0. The Labute approximate surface area is 111 Å². The van der Waals surface area contributed by atoms with E-state index in [1.807, 2.05) is 11.8 Å². The van der Waals surface area contributed by atoms with Crippen LogP contribution in [0.15, 0.2) is 18.2 Å². The third-order valence-electron chi connectivity index (χ3n) is 3.17. The van der Waals surface area contributed by atoms with E-state index in [-0.39, 0.29) is 17.3 Å². The zero-order chi connectivity index (χ0) is 14.6. The number of benzene rings is 1. The summed E-state index contributed by atoms with van der Waals surface area (Å²) in [6.07, 6.45) is 1.91. The van der Waals surface area contributed by atoms with Crippen molar-refractivity contribution in [2.75, 3.05) is 11.9 Å². The SMILES string of the molecule is CCCC(C)N(C)c1ccc([N+](=O)[O-])cc1C(=O)O. The summed E-state index contributed by atoms with van der Waals surface area (Å²) in [5.74, 6) is -1.16. The number of nitrogens with zero attached hydrogens (tertiary/aromatic N) is 2. The van der Waals surface area contributed by atoms with E-state index in [9.17, 15) is 20.0 Å². The smallest absolute Gasteiger partial charge is 0.338 e. The van der Waals surface area contributed by atoms with Crippen LogP contribution in [0.4, 0.5) is 11.4 Å². The second-order valence-corrected chi connectivity index (χ2v) is 4.51. The van der Waals surface area contributed by atoms with Crippen molar-refractivity contribution in [2.45, 2.75) is 32.7 Å². The molecule has 0 amide bonds. The molecule has 0 fully saturated rings. The number of aromatic carboxylic acids is 1. The van der Waals surface area contributed by atoms with Crippen LogP contribution in [0, 0.1) is 10.1 Å². The van der Waals surface area contributed by atoms with E-state index in [0.717, 1.165) is 18.9 Å². The van der Waals surface area contributed by atoms with Gasteiger partial charge in [-0.15, -0.1) is 0 Å². The molecule has 1 unspecified atom stereocenters. The maximum Gasteiger partial charge on any atom is 0.338 e. The fourth-order valence-electron chi connectivity index (χ4n) is 1.97. The average molecular weight is 266 g/mol. The molecule has 6 nitrogen and oxygen atoms in total. The van der Waals surface area contributed by atoms with E-state index in [1.165, 1.54) is 12.1 Å². The van der Waals surface area contributed by atoms with Gasteiger partial charge in [0.05, 0.1) is 16.2 Å². The summed E-state index contributed by atoms with van der Waals surface area (Å²) in [7, 11) is 1.80. The zero-order valence-corrected chi connectivity index (χ0v) is 11.3. The number of nitro benzene ring substituents is 1. The summed E-state index contributed by atoms with van der Waals surface area (Å²) in [6, 6.07) is 4.10. The Balaban J connectivity index is 3.20. The quantitative estimate of drug-likeness (QED) is 0.632. The predicted octanol–water partition coefficient (Wildman–Crippen LogP) is 2.92. The first-order chi connectivity index (χ1) is 8.88. The topological polar surface area (TPSA) is 83.7 Å². The minimum absolute atomic E-state index is 0.0420. The molecule has 0 bridgehead atoms. The summed E-state index contributed by atoms with van der Waals surface area (Å²) in [5.41, 5.74) is 0.247. The molecule has 0 radical (unpaired) electrons. The Morgan fingerprint density at radius 2 is 2.16 bits per heavy atom. The molecule has 6 heteroatoms. The van der Waals surface area contributed by atoms with E-state index in [0.29, 0.717) is 5.69 Å². The molecular formula is C13H18N2O4. The van der Waals surface area contributed by atoms with Crippen molar-refractivity contribution in [2.24, 2.45) is 0 Å². The van der Waals surface area contributed by atoms with Gasteiger partial charge in [0.2, 0.25) is 0 Å². The van der Waals surface area contributed by atoms with Crippen LogP contribution in [0.5, 0.6) is 0 Å². The van der Waals surface area contributed by atoms with Crippen molar-refractivity contribution < 1.29 is 14.8 Å². The van der Waals surface area contributed by atoms with Gasteiger partial charge in [0.15, 0.2) is 0 Å². The molecule has 0 saturated carbocycles. The first-order valence-corrected chi connectivity index (χ1v) is 6.13. The van der Waals surface area contributed by atoms with Crippen LogP contribution in [-0.2, 0) is 0 Å². The van der Waals surface area contributed by atoms with Crippen molar-refractivity contribution in [3.05, 3.63) is 33.9 Å². The van der Waals surface area contributed by atoms with Crippen molar-refractivity contribution >= 4 is 17.3 Å². The summed E-state index contributed by atoms with van der Waals surface area (Å²) in [6.45, 7) is 4.05. The van der Waals surface area contributed by atoms with E-state index in [2.05, 4.69) is 6.92 Å². The van der Waals surface area contributed by atoms with Gasteiger partial charge in [0.1, 0.15) is 0 Å². The molecule has 1 aromatic rings. The van der Waals surface area contributed by atoms with Crippen LogP contribution >= 0.6 is 0 Å². The summed E-state index contributed by atoms with van der Waals surface area (Å²) >= 11 is 0. The summed E-state index contributed by atoms with van der Waals surface area (Å²) in [4.78, 5) is 23.2.